The number of benzene rings is 4. The molecule has 226 valence electrons. The third kappa shape index (κ3) is 7.33. The summed E-state index contributed by atoms with van der Waals surface area (Å²) in [5, 5.41) is 1.40. The molecule has 5 rings (SSSR count). The Morgan fingerprint density at radius 2 is 1.02 bits per heavy atom. The second-order valence-corrected chi connectivity index (χ2v) is 15.6. The maximum atomic E-state index is 13.5. The fourth-order valence-electron chi connectivity index (χ4n) is 5.73. The van der Waals surface area contributed by atoms with E-state index >= 15 is 0 Å². The molecular formula is C34H33F6NP2. The second kappa shape index (κ2) is 13.5. The summed E-state index contributed by atoms with van der Waals surface area (Å²) in [6, 6.07) is 31.1. The third-order valence-electron chi connectivity index (χ3n) is 7.81. The van der Waals surface area contributed by atoms with Gasteiger partial charge in [-0.2, -0.15) is 26.3 Å². The first-order valence-electron chi connectivity index (χ1n) is 14.4. The Morgan fingerprint density at radius 3 is 1.37 bits per heavy atom. The second-order valence-electron chi connectivity index (χ2n) is 10.7. The van der Waals surface area contributed by atoms with E-state index in [1.807, 2.05) is 36.4 Å². The Balaban J connectivity index is 1.68. The van der Waals surface area contributed by atoms with Crippen LogP contribution in [0.1, 0.15) is 66.2 Å². The fraction of sp³-hybridized carbons (Fsp3) is 0.294. The molecule has 0 radical (unpaired) electrons. The van der Waals surface area contributed by atoms with Crippen LogP contribution in [0.4, 0.5) is 26.3 Å². The zero-order valence-corrected chi connectivity index (χ0v) is 25.5. The van der Waals surface area contributed by atoms with Gasteiger partial charge in [0, 0.05) is 25.9 Å². The van der Waals surface area contributed by atoms with Crippen molar-refractivity contribution in [1.29, 1.82) is 0 Å². The van der Waals surface area contributed by atoms with Crippen LogP contribution >= 0.6 is 16.1 Å². The molecule has 1 fully saturated rings. The van der Waals surface area contributed by atoms with Crippen LogP contribution in [-0.4, -0.2) is 11.0 Å². The minimum absolute atomic E-state index is 0.215. The summed E-state index contributed by atoms with van der Waals surface area (Å²) in [7, 11) is -2.37. The summed E-state index contributed by atoms with van der Waals surface area (Å²) in [4.78, 5) is 0. The van der Waals surface area contributed by atoms with Crippen LogP contribution in [0.3, 0.4) is 0 Å². The highest BCUT2D eigenvalue weighted by atomic mass is 31.2. The van der Waals surface area contributed by atoms with Crippen LogP contribution in [0.25, 0.3) is 0 Å². The van der Waals surface area contributed by atoms with Gasteiger partial charge >= 0.3 is 12.4 Å². The van der Waals surface area contributed by atoms with Gasteiger partial charge in [0.25, 0.3) is 0 Å². The van der Waals surface area contributed by atoms with E-state index in [0.717, 1.165) is 49.9 Å². The lowest BCUT2D eigenvalue weighted by Crippen LogP contribution is -2.28. The lowest BCUT2D eigenvalue weighted by molar-refractivity contribution is -0.138. The van der Waals surface area contributed by atoms with E-state index < -0.39 is 39.6 Å². The van der Waals surface area contributed by atoms with Crippen LogP contribution in [0, 0.1) is 0 Å². The largest absolute Gasteiger partial charge is 0.416 e. The van der Waals surface area contributed by atoms with Gasteiger partial charge in [-0.25, -0.2) is 0 Å². The molecule has 0 aliphatic carbocycles. The molecule has 2 unspecified atom stereocenters. The quantitative estimate of drug-likeness (QED) is 0.131. The van der Waals surface area contributed by atoms with Crippen molar-refractivity contribution in [2.75, 3.05) is 6.54 Å². The lowest BCUT2D eigenvalue weighted by Gasteiger charge is -2.42. The highest BCUT2D eigenvalue weighted by molar-refractivity contribution is 7.79. The van der Waals surface area contributed by atoms with Gasteiger partial charge in [-0.1, -0.05) is 98.3 Å². The van der Waals surface area contributed by atoms with Crippen molar-refractivity contribution < 1.29 is 26.3 Å². The van der Waals surface area contributed by atoms with Crippen molar-refractivity contribution in [3.05, 3.63) is 131 Å². The van der Waals surface area contributed by atoms with Crippen LogP contribution in [0.5, 0.6) is 0 Å². The summed E-state index contributed by atoms with van der Waals surface area (Å²) in [5.41, 5.74) is 1.40. The third-order valence-corrected chi connectivity index (χ3v) is 14.3. The fourth-order valence-corrected chi connectivity index (χ4v) is 13.2. The predicted octanol–water partition coefficient (Wildman–Crippen LogP) is 10.8. The predicted molar refractivity (Wildman–Crippen MR) is 165 cm³/mol. The van der Waals surface area contributed by atoms with E-state index in [9.17, 15) is 26.3 Å². The first-order valence-corrected chi connectivity index (χ1v) is 17.1. The van der Waals surface area contributed by atoms with E-state index in [-0.39, 0.29) is 11.3 Å². The van der Waals surface area contributed by atoms with E-state index in [1.165, 1.54) is 35.4 Å². The molecule has 0 spiro atoms. The Bertz CT molecular complexity index is 1340. The van der Waals surface area contributed by atoms with Crippen LogP contribution in [0.15, 0.2) is 109 Å². The molecule has 0 aromatic heterocycles. The molecule has 0 amide bonds. The van der Waals surface area contributed by atoms with Crippen LogP contribution in [-0.2, 0) is 12.4 Å². The van der Waals surface area contributed by atoms with Crippen molar-refractivity contribution >= 4 is 26.8 Å². The molecule has 1 heterocycles. The van der Waals surface area contributed by atoms with Gasteiger partial charge in [0.1, 0.15) is 0 Å². The maximum Gasteiger partial charge on any atom is 0.416 e. The molecule has 3 atom stereocenters. The number of rotatable bonds is 9. The van der Waals surface area contributed by atoms with Gasteiger partial charge in [-0.3, -0.25) is 4.44 Å². The van der Waals surface area contributed by atoms with E-state index in [1.54, 1.807) is 0 Å². The first kappa shape index (κ1) is 31.7. The van der Waals surface area contributed by atoms with E-state index in [2.05, 4.69) is 35.6 Å². The smallest absolute Gasteiger partial charge is 0.251 e. The van der Waals surface area contributed by atoms with E-state index in [0.29, 0.717) is 17.2 Å². The minimum Gasteiger partial charge on any atom is -0.251 e. The topological polar surface area (TPSA) is 3.24 Å². The number of nitrogens with zero attached hydrogens (tertiary/aromatic N) is 1. The first-order chi connectivity index (χ1) is 20.6. The molecule has 9 heteroatoms. The molecule has 43 heavy (non-hydrogen) atoms. The maximum absolute atomic E-state index is 13.5. The zero-order valence-electron chi connectivity index (χ0n) is 23.7. The van der Waals surface area contributed by atoms with Crippen molar-refractivity contribution in [1.82, 2.24) is 4.44 Å². The number of unbranched alkanes of at least 4 members (excludes halogenated alkanes) is 1. The number of alkyl halides is 6. The molecule has 0 bridgehead atoms. The van der Waals surface area contributed by atoms with Crippen LogP contribution < -0.4 is 10.6 Å². The van der Waals surface area contributed by atoms with Crippen molar-refractivity contribution in [3.8, 4) is 0 Å². The highest BCUT2D eigenvalue weighted by Crippen LogP contribution is 2.76. The average molecular weight is 632 g/mol. The van der Waals surface area contributed by atoms with Crippen LogP contribution in [0.2, 0.25) is 0 Å². The number of hydrogen-bond acceptors (Lipinski definition) is 1. The van der Waals surface area contributed by atoms with E-state index in [4.69, 9.17) is 0 Å². The summed E-state index contributed by atoms with van der Waals surface area (Å²) < 4.78 is 83.7. The molecule has 4 aromatic rings. The Hall–Kier alpha value is -2.72. The van der Waals surface area contributed by atoms with Gasteiger partial charge in [-0.05, 0) is 73.3 Å². The SMILES string of the molecule is CCCCN(P(c1ccc(C(F)(F)F)cc1)c1ccc(C(F)(F)F)cc1)P1C(c2ccccc2)CC[C@@H]1c1ccccc1. The Morgan fingerprint density at radius 1 is 0.628 bits per heavy atom. The molecule has 1 aliphatic rings. The summed E-state index contributed by atoms with van der Waals surface area (Å²) >= 11 is 0. The van der Waals surface area contributed by atoms with Gasteiger partial charge in [0.05, 0.1) is 11.1 Å². The Kier molecular flexibility index (Phi) is 9.96. The lowest BCUT2D eigenvalue weighted by atomic mass is 10.0. The summed E-state index contributed by atoms with van der Waals surface area (Å²) in [6.45, 7) is 2.80. The van der Waals surface area contributed by atoms with Crippen molar-refractivity contribution in [2.24, 2.45) is 0 Å². The molecule has 0 saturated carbocycles. The standard InChI is InChI=1S/C34H33F6NP2/c1-2-3-24-41(43-31(25-10-6-4-7-11-25)22-23-32(43)26-12-8-5-9-13-26)42(29-18-14-27(15-19-29)33(35,36)37)30-20-16-28(17-21-30)34(38,39)40/h4-21,31-32H,2-3,22-24H2,1H3/t31-,32?,43?/m1/s1. The van der Waals surface area contributed by atoms with Gasteiger partial charge in [0.2, 0.25) is 0 Å². The number of halogens is 6. The minimum atomic E-state index is -4.48. The molecule has 1 aliphatic heterocycles. The molecule has 1 saturated heterocycles. The molecular weight excluding hydrogens is 598 g/mol. The monoisotopic (exact) mass is 631 g/mol. The van der Waals surface area contributed by atoms with Gasteiger partial charge in [0.15, 0.2) is 0 Å². The normalized spacial score (nSPS) is 19.3. The van der Waals surface area contributed by atoms with Gasteiger partial charge in [-0.15, -0.1) is 0 Å². The average Bonchev–Trinajstić information content (AvgIpc) is 3.44. The molecule has 1 nitrogen and oxygen atoms in total. The Labute approximate surface area is 251 Å². The van der Waals surface area contributed by atoms with Gasteiger partial charge < -0.3 is 0 Å². The number of hydrogen-bond donors (Lipinski definition) is 0. The zero-order chi connectivity index (χ0) is 30.6. The summed E-state index contributed by atoms with van der Waals surface area (Å²) in [5.74, 6) is 0. The highest BCUT2D eigenvalue weighted by Gasteiger charge is 2.44. The van der Waals surface area contributed by atoms with Crippen molar-refractivity contribution in [3.63, 3.8) is 0 Å². The van der Waals surface area contributed by atoms with Crippen molar-refractivity contribution in [2.45, 2.75) is 56.3 Å². The molecule has 0 N–H and O–H groups in total. The molecule has 4 aromatic carbocycles. The summed E-state index contributed by atoms with van der Waals surface area (Å²) in [6.07, 6.45) is -5.27.